The minimum absolute atomic E-state index is 0.115. The first-order valence-corrected chi connectivity index (χ1v) is 10.6. The van der Waals surface area contributed by atoms with Crippen molar-refractivity contribution in [3.05, 3.63) is 59.0 Å². The molecule has 1 saturated carbocycles. The van der Waals surface area contributed by atoms with Crippen LogP contribution in [0.1, 0.15) is 50.0 Å². The fourth-order valence-electron chi connectivity index (χ4n) is 4.82. The van der Waals surface area contributed by atoms with Gasteiger partial charge in [0.2, 0.25) is 0 Å². The molecule has 142 valence electrons. The molecule has 3 nitrogen and oxygen atoms in total. The van der Waals surface area contributed by atoms with Gasteiger partial charge in [0.05, 0.1) is 5.60 Å². The van der Waals surface area contributed by atoms with Gasteiger partial charge >= 0.3 is 5.97 Å². The molecule has 0 aliphatic heterocycles. The number of ether oxygens (including phenoxy) is 1. The van der Waals surface area contributed by atoms with E-state index in [4.69, 9.17) is 9.84 Å². The molecular formula is C23H26O3S. The van der Waals surface area contributed by atoms with Gasteiger partial charge in [0.1, 0.15) is 0 Å². The molecule has 0 radical (unpaired) electrons. The molecule has 1 fully saturated rings. The zero-order valence-corrected chi connectivity index (χ0v) is 16.5. The van der Waals surface area contributed by atoms with E-state index in [-0.39, 0.29) is 17.9 Å². The van der Waals surface area contributed by atoms with Gasteiger partial charge in [-0.3, -0.25) is 4.79 Å². The van der Waals surface area contributed by atoms with E-state index in [9.17, 15) is 4.79 Å². The molecule has 1 heterocycles. The highest BCUT2D eigenvalue weighted by molar-refractivity contribution is 7.17. The lowest BCUT2D eigenvalue weighted by molar-refractivity contribution is -0.136. The minimum atomic E-state index is -0.750. The smallest absolute Gasteiger partial charge is 0.303 e. The van der Waals surface area contributed by atoms with Gasteiger partial charge in [0.15, 0.2) is 0 Å². The van der Waals surface area contributed by atoms with Crippen molar-refractivity contribution in [3.63, 3.8) is 0 Å². The monoisotopic (exact) mass is 382 g/mol. The summed E-state index contributed by atoms with van der Waals surface area (Å²) in [6.45, 7) is 0. The Bertz CT molecular complexity index is 888. The standard InChI is InChI=1S/C23H26O3S/c1-26-23(19-4-2-3-5-19)12-10-16(6-9-22(24)25)14-20(23)17-7-8-21-18(15-17)11-13-27-21/h7-8,10-15,19-20H,2-6,9H2,1H3,(H,24,25). The van der Waals surface area contributed by atoms with E-state index in [1.807, 2.05) is 7.11 Å². The molecule has 1 aromatic heterocycles. The molecule has 0 saturated heterocycles. The predicted octanol–water partition coefficient (Wildman–Crippen LogP) is 5.92. The highest BCUT2D eigenvalue weighted by Gasteiger charge is 2.46. The van der Waals surface area contributed by atoms with Crippen LogP contribution in [0.25, 0.3) is 10.1 Å². The maximum Gasteiger partial charge on any atom is 0.303 e. The number of thiophene rings is 1. The molecule has 1 N–H and O–H groups in total. The molecular weight excluding hydrogens is 356 g/mol. The number of hydrogen-bond donors (Lipinski definition) is 1. The van der Waals surface area contributed by atoms with Gasteiger partial charge in [0, 0.05) is 24.1 Å². The fraction of sp³-hybridized carbons (Fsp3) is 0.435. The van der Waals surface area contributed by atoms with E-state index in [2.05, 4.69) is 47.9 Å². The second-order valence-corrected chi connectivity index (χ2v) is 8.65. The number of rotatable bonds is 6. The molecule has 2 aliphatic carbocycles. The van der Waals surface area contributed by atoms with Crippen molar-refractivity contribution in [3.8, 4) is 0 Å². The molecule has 2 unspecified atom stereocenters. The van der Waals surface area contributed by atoms with Crippen LogP contribution in [-0.2, 0) is 9.53 Å². The average molecular weight is 383 g/mol. The van der Waals surface area contributed by atoms with E-state index in [0.29, 0.717) is 12.3 Å². The van der Waals surface area contributed by atoms with Gasteiger partial charge in [-0.1, -0.05) is 42.7 Å². The SMILES string of the molecule is COC1(C2CCCC2)C=CC(CCC(=O)O)=CC1c1ccc2sccc2c1. The van der Waals surface area contributed by atoms with Crippen LogP contribution in [-0.4, -0.2) is 23.8 Å². The van der Waals surface area contributed by atoms with Gasteiger partial charge in [-0.2, -0.15) is 0 Å². The Morgan fingerprint density at radius 1 is 1.30 bits per heavy atom. The number of benzene rings is 1. The molecule has 4 rings (SSSR count). The number of methoxy groups -OCH3 is 1. The highest BCUT2D eigenvalue weighted by atomic mass is 32.1. The molecule has 0 spiro atoms. The normalized spacial score (nSPS) is 25.8. The summed E-state index contributed by atoms with van der Waals surface area (Å²) >= 11 is 1.76. The van der Waals surface area contributed by atoms with Crippen LogP contribution in [0.2, 0.25) is 0 Å². The molecule has 2 aromatic rings. The van der Waals surface area contributed by atoms with Crippen molar-refractivity contribution in [1.82, 2.24) is 0 Å². The Hall–Kier alpha value is -1.91. The Morgan fingerprint density at radius 2 is 2.11 bits per heavy atom. The van der Waals surface area contributed by atoms with E-state index < -0.39 is 5.97 Å². The number of hydrogen-bond acceptors (Lipinski definition) is 3. The molecule has 27 heavy (non-hydrogen) atoms. The molecule has 0 bridgehead atoms. The first kappa shape index (κ1) is 18.5. The Balaban J connectivity index is 1.76. The summed E-state index contributed by atoms with van der Waals surface area (Å²) in [6, 6.07) is 8.87. The van der Waals surface area contributed by atoms with Crippen LogP contribution in [0.3, 0.4) is 0 Å². The lowest BCUT2D eigenvalue weighted by atomic mass is 9.69. The summed E-state index contributed by atoms with van der Waals surface area (Å²) in [5, 5.41) is 12.5. The van der Waals surface area contributed by atoms with Crippen LogP contribution in [0, 0.1) is 5.92 Å². The molecule has 2 atom stereocenters. The second-order valence-electron chi connectivity index (χ2n) is 7.70. The van der Waals surface area contributed by atoms with Gasteiger partial charge in [-0.05, 0) is 59.7 Å². The summed E-state index contributed by atoms with van der Waals surface area (Å²) < 4.78 is 7.55. The van der Waals surface area contributed by atoms with E-state index in [1.54, 1.807) is 11.3 Å². The van der Waals surface area contributed by atoms with E-state index >= 15 is 0 Å². The number of allylic oxidation sites excluding steroid dienone is 2. The lowest BCUT2D eigenvalue weighted by Crippen LogP contribution is -2.43. The minimum Gasteiger partial charge on any atom is -0.481 e. The quantitative estimate of drug-likeness (QED) is 0.674. The highest BCUT2D eigenvalue weighted by Crippen LogP contribution is 2.49. The van der Waals surface area contributed by atoms with Crippen LogP contribution < -0.4 is 0 Å². The van der Waals surface area contributed by atoms with Crippen molar-refractivity contribution in [2.45, 2.75) is 50.0 Å². The zero-order valence-electron chi connectivity index (χ0n) is 15.7. The van der Waals surface area contributed by atoms with Crippen molar-refractivity contribution in [2.24, 2.45) is 5.92 Å². The average Bonchev–Trinajstić information content (AvgIpc) is 3.37. The first-order valence-electron chi connectivity index (χ1n) is 9.76. The number of carboxylic acids is 1. The molecule has 2 aliphatic rings. The van der Waals surface area contributed by atoms with Crippen LogP contribution >= 0.6 is 11.3 Å². The van der Waals surface area contributed by atoms with Crippen molar-refractivity contribution < 1.29 is 14.6 Å². The van der Waals surface area contributed by atoms with Gasteiger partial charge in [-0.25, -0.2) is 0 Å². The van der Waals surface area contributed by atoms with Crippen LogP contribution in [0.5, 0.6) is 0 Å². The van der Waals surface area contributed by atoms with Crippen molar-refractivity contribution in [2.75, 3.05) is 7.11 Å². The van der Waals surface area contributed by atoms with Gasteiger partial charge in [-0.15, -0.1) is 11.3 Å². The third-order valence-corrected chi connectivity index (χ3v) is 7.13. The number of carboxylic acid groups (broad SMARTS) is 1. The third-order valence-electron chi connectivity index (χ3n) is 6.23. The topological polar surface area (TPSA) is 46.5 Å². The molecule has 4 heteroatoms. The van der Waals surface area contributed by atoms with E-state index in [1.165, 1.54) is 41.3 Å². The zero-order chi connectivity index (χ0) is 18.9. The van der Waals surface area contributed by atoms with Gasteiger partial charge in [0.25, 0.3) is 0 Å². The van der Waals surface area contributed by atoms with Crippen LogP contribution in [0.4, 0.5) is 0 Å². The largest absolute Gasteiger partial charge is 0.481 e. The Morgan fingerprint density at radius 3 is 2.85 bits per heavy atom. The maximum absolute atomic E-state index is 11.0. The van der Waals surface area contributed by atoms with Gasteiger partial charge < -0.3 is 9.84 Å². The summed E-state index contributed by atoms with van der Waals surface area (Å²) in [6.07, 6.45) is 12.2. The summed E-state index contributed by atoms with van der Waals surface area (Å²) in [7, 11) is 1.83. The number of aliphatic carboxylic acids is 1. The predicted molar refractivity (Wildman–Crippen MR) is 110 cm³/mol. The van der Waals surface area contributed by atoms with Crippen molar-refractivity contribution in [1.29, 1.82) is 0 Å². The Labute approximate surface area is 164 Å². The fourth-order valence-corrected chi connectivity index (χ4v) is 5.59. The number of carbonyl (C=O) groups is 1. The molecule has 0 amide bonds. The lowest BCUT2D eigenvalue weighted by Gasteiger charge is -2.43. The maximum atomic E-state index is 11.0. The Kier molecular flexibility index (Phi) is 5.20. The van der Waals surface area contributed by atoms with E-state index in [0.717, 1.165) is 5.57 Å². The second kappa shape index (κ2) is 7.61. The summed E-state index contributed by atoms with van der Waals surface area (Å²) in [4.78, 5) is 11.0. The first-order chi connectivity index (χ1) is 13.1. The van der Waals surface area contributed by atoms with Crippen molar-refractivity contribution >= 4 is 27.4 Å². The number of fused-ring (bicyclic) bond motifs is 1. The molecule has 1 aromatic carbocycles. The third kappa shape index (κ3) is 3.48. The summed E-state index contributed by atoms with van der Waals surface area (Å²) in [5.74, 6) is -0.136. The summed E-state index contributed by atoms with van der Waals surface area (Å²) in [5.41, 5.74) is 2.01. The van der Waals surface area contributed by atoms with Crippen LogP contribution in [0.15, 0.2) is 53.4 Å².